The van der Waals surface area contributed by atoms with Crippen molar-refractivity contribution in [2.24, 2.45) is 11.8 Å². The van der Waals surface area contributed by atoms with Crippen molar-refractivity contribution in [3.8, 4) is 0 Å². The molecule has 0 bridgehead atoms. The van der Waals surface area contributed by atoms with Crippen molar-refractivity contribution in [1.82, 2.24) is 0 Å². The van der Waals surface area contributed by atoms with Crippen LogP contribution in [0, 0.1) is 11.8 Å². The van der Waals surface area contributed by atoms with Gasteiger partial charge in [-0.1, -0.05) is 0 Å². The second kappa shape index (κ2) is 5.14. The SMILES string of the molecule is COC(=O)C1Cc2coc(Br)c2CC1C(=O)OC. The lowest BCUT2D eigenvalue weighted by Gasteiger charge is -2.27. The van der Waals surface area contributed by atoms with Crippen LogP contribution in [0.1, 0.15) is 11.1 Å². The molecule has 0 radical (unpaired) electrons. The monoisotopic (exact) mass is 316 g/mol. The predicted octanol–water partition coefficient (Wildman–Crippen LogP) is 1.72. The fourth-order valence-corrected chi connectivity index (χ4v) is 2.82. The number of halogens is 1. The summed E-state index contributed by atoms with van der Waals surface area (Å²) in [6.07, 6.45) is 2.44. The molecule has 0 saturated heterocycles. The Morgan fingerprint density at radius 1 is 1.22 bits per heavy atom. The lowest BCUT2D eigenvalue weighted by atomic mass is 9.77. The smallest absolute Gasteiger partial charge is 0.309 e. The first kappa shape index (κ1) is 13.1. The summed E-state index contributed by atoms with van der Waals surface area (Å²) >= 11 is 3.29. The van der Waals surface area contributed by atoms with Crippen molar-refractivity contribution in [2.75, 3.05) is 14.2 Å². The molecular formula is C12H13BrO5. The third-order valence-corrected chi connectivity index (χ3v) is 3.95. The normalized spacial score (nSPS) is 22.2. The Morgan fingerprint density at radius 3 is 2.33 bits per heavy atom. The summed E-state index contributed by atoms with van der Waals surface area (Å²) < 4.78 is 15.4. The van der Waals surface area contributed by atoms with Gasteiger partial charge in [0.05, 0.1) is 32.3 Å². The van der Waals surface area contributed by atoms with Gasteiger partial charge in [-0.05, 0) is 34.3 Å². The molecule has 2 unspecified atom stereocenters. The highest BCUT2D eigenvalue weighted by atomic mass is 79.9. The summed E-state index contributed by atoms with van der Waals surface area (Å²) in [6, 6.07) is 0. The summed E-state index contributed by atoms with van der Waals surface area (Å²) in [5.74, 6) is -1.83. The van der Waals surface area contributed by atoms with E-state index in [-0.39, 0.29) is 0 Å². The molecule has 1 aliphatic rings. The van der Waals surface area contributed by atoms with E-state index < -0.39 is 23.8 Å². The van der Waals surface area contributed by atoms with E-state index in [4.69, 9.17) is 13.9 Å². The molecule has 1 aromatic rings. The zero-order chi connectivity index (χ0) is 13.3. The van der Waals surface area contributed by atoms with Crippen LogP contribution in [0.25, 0.3) is 0 Å². The maximum absolute atomic E-state index is 11.8. The van der Waals surface area contributed by atoms with Crippen molar-refractivity contribution in [3.05, 3.63) is 22.1 Å². The van der Waals surface area contributed by atoms with E-state index in [1.54, 1.807) is 6.26 Å². The molecule has 5 nitrogen and oxygen atoms in total. The number of rotatable bonds is 2. The first-order valence-electron chi connectivity index (χ1n) is 5.48. The Kier molecular flexibility index (Phi) is 3.75. The Labute approximate surface area is 113 Å². The van der Waals surface area contributed by atoms with E-state index in [2.05, 4.69) is 15.9 Å². The number of furan rings is 1. The van der Waals surface area contributed by atoms with Crippen molar-refractivity contribution >= 4 is 27.9 Å². The molecular weight excluding hydrogens is 304 g/mol. The number of ether oxygens (including phenoxy) is 2. The van der Waals surface area contributed by atoms with Crippen molar-refractivity contribution < 1.29 is 23.5 Å². The number of carbonyl (C=O) groups excluding carboxylic acids is 2. The molecule has 0 amide bonds. The van der Waals surface area contributed by atoms with Crippen molar-refractivity contribution in [1.29, 1.82) is 0 Å². The Hall–Kier alpha value is -1.30. The number of carbonyl (C=O) groups is 2. The van der Waals surface area contributed by atoms with Crippen LogP contribution in [0.4, 0.5) is 0 Å². The van der Waals surface area contributed by atoms with Gasteiger partial charge in [-0.25, -0.2) is 0 Å². The number of hydrogen-bond donors (Lipinski definition) is 0. The van der Waals surface area contributed by atoms with E-state index in [1.807, 2.05) is 0 Å². The zero-order valence-corrected chi connectivity index (χ0v) is 11.7. The summed E-state index contributed by atoms with van der Waals surface area (Å²) in [7, 11) is 2.63. The van der Waals surface area contributed by atoms with Gasteiger partial charge in [0, 0.05) is 5.56 Å². The zero-order valence-electron chi connectivity index (χ0n) is 10.1. The second-order valence-corrected chi connectivity index (χ2v) is 4.90. The highest BCUT2D eigenvalue weighted by Crippen LogP contribution is 2.36. The number of fused-ring (bicyclic) bond motifs is 1. The quantitative estimate of drug-likeness (QED) is 0.777. The van der Waals surface area contributed by atoms with Crippen LogP contribution in [-0.4, -0.2) is 26.2 Å². The minimum Gasteiger partial charge on any atom is -0.469 e. The molecule has 0 fully saturated rings. The molecule has 2 rings (SSSR count). The van der Waals surface area contributed by atoms with Crippen LogP contribution >= 0.6 is 15.9 Å². The Bertz CT molecular complexity index is 479. The van der Waals surface area contributed by atoms with Gasteiger partial charge in [-0.15, -0.1) is 0 Å². The van der Waals surface area contributed by atoms with E-state index in [0.717, 1.165) is 11.1 Å². The minimum absolute atomic E-state index is 0.395. The average molecular weight is 317 g/mol. The molecule has 0 aliphatic heterocycles. The van der Waals surface area contributed by atoms with E-state index in [0.29, 0.717) is 17.5 Å². The molecule has 0 saturated carbocycles. The maximum atomic E-state index is 11.8. The molecule has 1 heterocycles. The van der Waals surface area contributed by atoms with Crippen LogP contribution in [0.3, 0.4) is 0 Å². The van der Waals surface area contributed by atoms with Gasteiger partial charge in [0.1, 0.15) is 0 Å². The third-order valence-electron chi connectivity index (χ3n) is 3.29. The van der Waals surface area contributed by atoms with Crippen LogP contribution in [-0.2, 0) is 31.9 Å². The van der Waals surface area contributed by atoms with Gasteiger partial charge >= 0.3 is 11.9 Å². The molecule has 98 valence electrons. The fraction of sp³-hybridized carbons (Fsp3) is 0.500. The van der Waals surface area contributed by atoms with Gasteiger partial charge in [-0.2, -0.15) is 0 Å². The summed E-state index contributed by atoms with van der Waals surface area (Å²) in [5.41, 5.74) is 1.85. The molecule has 1 aliphatic carbocycles. The van der Waals surface area contributed by atoms with Gasteiger partial charge in [0.2, 0.25) is 0 Å². The van der Waals surface area contributed by atoms with Crippen LogP contribution in [0.2, 0.25) is 0 Å². The molecule has 0 spiro atoms. The lowest BCUT2D eigenvalue weighted by molar-refractivity contribution is -0.158. The second-order valence-electron chi connectivity index (χ2n) is 4.18. The van der Waals surface area contributed by atoms with Gasteiger partial charge in [0.25, 0.3) is 0 Å². The topological polar surface area (TPSA) is 65.7 Å². The van der Waals surface area contributed by atoms with Crippen LogP contribution < -0.4 is 0 Å². The first-order valence-corrected chi connectivity index (χ1v) is 6.28. The molecule has 0 N–H and O–H groups in total. The first-order chi connectivity index (χ1) is 8.58. The minimum atomic E-state index is -0.524. The van der Waals surface area contributed by atoms with Gasteiger partial charge in [-0.3, -0.25) is 9.59 Å². The van der Waals surface area contributed by atoms with Gasteiger partial charge in [0.15, 0.2) is 4.67 Å². The maximum Gasteiger partial charge on any atom is 0.309 e. The largest absolute Gasteiger partial charge is 0.469 e. The standard InChI is InChI=1S/C12H13BrO5/c1-16-11(14)8-3-6-5-18-10(13)7(6)4-9(8)12(15)17-2/h5,8-9H,3-4H2,1-2H3. The number of esters is 2. The Morgan fingerprint density at radius 2 is 1.78 bits per heavy atom. The number of methoxy groups -OCH3 is 2. The van der Waals surface area contributed by atoms with Crippen LogP contribution in [0.5, 0.6) is 0 Å². The molecule has 6 heteroatoms. The lowest BCUT2D eigenvalue weighted by Crippen LogP contribution is -2.37. The van der Waals surface area contributed by atoms with Gasteiger partial charge < -0.3 is 13.9 Å². The van der Waals surface area contributed by atoms with E-state index in [1.165, 1.54) is 14.2 Å². The molecule has 2 atom stereocenters. The Balaban J connectivity index is 2.34. The summed E-state index contributed by atoms with van der Waals surface area (Å²) in [5, 5.41) is 0. The highest BCUT2D eigenvalue weighted by molar-refractivity contribution is 9.10. The molecule has 18 heavy (non-hydrogen) atoms. The predicted molar refractivity (Wildman–Crippen MR) is 64.8 cm³/mol. The number of hydrogen-bond acceptors (Lipinski definition) is 5. The molecule has 0 aromatic carbocycles. The summed E-state index contributed by atoms with van der Waals surface area (Å²) in [6.45, 7) is 0. The summed E-state index contributed by atoms with van der Waals surface area (Å²) in [4.78, 5) is 23.5. The van der Waals surface area contributed by atoms with E-state index >= 15 is 0 Å². The van der Waals surface area contributed by atoms with Crippen molar-refractivity contribution in [3.63, 3.8) is 0 Å². The average Bonchev–Trinajstić information content (AvgIpc) is 2.76. The van der Waals surface area contributed by atoms with E-state index in [9.17, 15) is 9.59 Å². The third kappa shape index (κ3) is 2.16. The van der Waals surface area contributed by atoms with Crippen molar-refractivity contribution in [2.45, 2.75) is 12.8 Å². The fourth-order valence-electron chi connectivity index (χ4n) is 2.31. The van der Waals surface area contributed by atoms with Crippen LogP contribution in [0.15, 0.2) is 15.3 Å². The molecule has 1 aromatic heterocycles. The highest BCUT2D eigenvalue weighted by Gasteiger charge is 2.41.